The van der Waals surface area contributed by atoms with Gasteiger partial charge in [0.1, 0.15) is 16.4 Å². The highest BCUT2D eigenvalue weighted by molar-refractivity contribution is 6.47. The minimum atomic E-state index is -1.26. The van der Waals surface area contributed by atoms with Crippen molar-refractivity contribution in [2.24, 2.45) is 7.05 Å². The third kappa shape index (κ3) is 3.88. The molecule has 0 aliphatic rings. The summed E-state index contributed by atoms with van der Waals surface area (Å²) in [6.07, 6.45) is 4.99. The monoisotopic (exact) mass is 400 g/mol. The molecule has 0 unspecified atom stereocenters. The molecular weight excluding hydrogens is 387 g/mol. The number of hydrogen-bond donors (Lipinski definition) is 2. The van der Waals surface area contributed by atoms with Gasteiger partial charge in [-0.2, -0.15) is 5.26 Å². The predicted molar refractivity (Wildman–Crippen MR) is 100 cm³/mol. The number of amides is 2. The van der Waals surface area contributed by atoms with E-state index < -0.39 is 39.8 Å². The zero-order valence-electron chi connectivity index (χ0n) is 14.9. The molecule has 9 heteroatoms. The quantitative estimate of drug-likeness (QED) is 0.456. The molecule has 7 nitrogen and oxygen atoms in total. The smallest absolute Gasteiger partial charge is 0.293 e. The average Bonchev–Trinajstić information content (AvgIpc) is 2.89. The number of Topliss-reactive ketones (excluding diaryl/α,β-unsaturated/α-hetero) is 1. The summed E-state index contributed by atoms with van der Waals surface area (Å²) in [5.41, 5.74) is 0.0230. The van der Waals surface area contributed by atoms with Crippen molar-refractivity contribution < 1.29 is 18.8 Å². The normalized spacial score (nSPS) is 9.93. The highest BCUT2D eigenvalue weighted by Crippen LogP contribution is 2.27. The summed E-state index contributed by atoms with van der Waals surface area (Å²) in [5.74, 6) is -2.44. The summed E-state index contributed by atoms with van der Waals surface area (Å²) in [6.45, 7) is 1.50. The molecule has 0 spiro atoms. The maximum atomic E-state index is 14.8. The first kappa shape index (κ1) is 20.7. The highest BCUT2D eigenvalue weighted by Gasteiger charge is 2.32. The van der Waals surface area contributed by atoms with E-state index in [-0.39, 0.29) is 12.2 Å². The Bertz CT molecular complexity index is 1080. The van der Waals surface area contributed by atoms with Gasteiger partial charge in [0.05, 0.1) is 18.2 Å². The Labute approximate surface area is 165 Å². The maximum Gasteiger partial charge on any atom is 0.293 e. The number of nitrogens with one attached hydrogen (secondary N) is 2. The van der Waals surface area contributed by atoms with Crippen molar-refractivity contribution in [1.29, 1.82) is 5.26 Å². The Morgan fingerprint density at radius 1 is 1.36 bits per heavy atom. The molecule has 0 bridgehead atoms. The Kier molecular flexibility index (Phi) is 6.19. The molecule has 1 aromatic carbocycles. The molecule has 0 saturated carbocycles. The van der Waals surface area contributed by atoms with E-state index in [0.717, 1.165) is 4.57 Å². The Morgan fingerprint density at radius 2 is 2.04 bits per heavy atom. The largest absolute Gasteiger partial charge is 0.338 e. The van der Waals surface area contributed by atoms with Crippen molar-refractivity contribution in [3.05, 3.63) is 51.6 Å². The van der Waals surface area contributed by atoms with E-state index in [1.54, 1.807) is 13.0 Å². The van der Waals surface area contributed by atoms with Crippen LogP contribution in [0, 0.1) is 36.4 Å². The average molecular weight is 401 g/mol. The molecule has 2 amide bonds. The van der Waals surface area contributed by atoms with E-state index in [1.807, 2.05) is 6.07 Å². The van der Waals surface area contributed by atoms with E-state index in [2.05, 4.69) is 16.6 Å². The van der Waals surface area contributed by atoms with Crippen LogP contribution in [0.3, 0.4) is 0 Å². The van der Waals surface area contributed by atoms with Crippen molar-refractivity contribution >= 4 is 34.9 Å². The van der Waals surface area contributed by atoms with Crippen LogP contribution in [0.15, 0.2) is 18.2 Å². The number of terminal acetylenes is 1. The lowest BCUT2D eigenvalue weighted by Gasteiger charge is -2.08. The van der Waals surface area contributed by atoms with Gasteiger partial charge in [-0.15, -0.1) is 6.42 Å². The molecule has 0 aliphatic carbocycles. The number of anilines is 1. The number of rotatable bonds is 5. The second kappa shape index (κ2) is 8.38. The first-order valence-corrected chi connectivity index (χ1v) is 8.22. The SMILES string of the molecule is C#CCNC(=O)C(=O)c1c(F)c(C(=O)Nc2ccc(C)c(C#N)c2)n(C)c1Cl. The molecule has 28 heavy (non-hydrogen) atoms. The fraction of sp³-hybridized carbons (Fsp3) is 0.158. The minimum absolute atomic E-state index is 0.224. The number of aromatic nitrogens is 1. The van der Waals surface area contributed by atoms with Crippen molar-refractivity contribution in [2.45, 2.75) is 6.92 Å². The van der Waals surface area contributed by atoms with E-state index in [4.69, 9.17) is 23.3 Å². The van der Waals surface area contributed by atoms with Gasteiger partial charge < -0.3 is 15.2 Å². The Morgan fingerprint density at radius 3 is 2.64 bits per heavy atom. The standard InChI is InChI=1S/C19H14ClFN4O3/c1-4-7-23-19(28)16(26)13-14(21)15(25(3)17(13)20)18(27)24-12-6-5-10(2)11(8-12)9-22/h1,5-6,8H,7H2,2-3H3,(H,23,28)(H,24,27). The molecule has 1 heterocycles. The number of ketones is 1. The van der Waals surface area contributed by atoms with Crippen molar-refractivity contribution in [3.63, 3.8) is 0 Å². The molecule has 0 saturated heterocycles. The minimum Gasteiger partial charge on any atom is -0.338 e. The van der Waals surface area contributed by atoms with Gasteiger partial charge in [0.25, 0.3) is 17.6 Å². The molecular formula is C19H14ClFN4O3. The van der Waals surface area contributed by atoms with Gasteiger partial charge in [0, 0.05) is 12.7 Å². The molecule has 0 radical (unpaired) electrons. The third-order valence-electron chi connectivity index (χ3n) is 3.88. The number of carbonyl (C=O) groups is 3. The lowest BCUT2D eigenvalue weighted by atomic mass is 10.1. The lowest BCUT2D eigenvalue weighted by molar-refractivity contribution is -0.116. The molecule has 2 N–H and O–H groups in total. The molecule has 2 rings (SSSR count). The van der Waals surface area contributed by atoms with Crippen LogP contribution in [0.5, 0.6) is 0 Å². The number of benzene rings is 1. The Balaban J connectivity index is 2.38. The second-order valence-electron chi connectivity index (χ2n) is 5.70. The van der Waals surface area contributed by atoms with E-state index in [9.17, 15) is 18.8 Å². The molecule has 0 fully saturated rings. The maximum absolute atomic E-state index is 14.8. The Hall–Kier alpha value is -3.62. The number of carbonyl (C=O) groups excluding carboxylic acids is 3. The lowest BCUT2D eigenvalue weighted by Crippen LogP contribution is -2.31. The summed E-state index contributed by atoms with van der Waals surface area (Å²) in [7, 11) is 1.27. The first-order valence-electron chi connectivity index (χ1n) is 7.84. The van der Waals surface area contributed by atoms with Crippen molar-refractivity contribution in [2.75, 3.05) is 11.9 Å². The highest BCUT2D eigenvalue weighted by atomic mass is 35.5. The number of aryl methyl sites for hydroxylation is 1. The van der Waals surface area contributed by atoms with Gasteiger partial charge in [-0.05, 0) is 24.6 Å². The predicted octanol–water partition coefficient (Wildman–Crippen LogP) is 2.18. The van der Waals surface area contributed by atoms with Crippen LogP contribution >= 0.6 is 11.6 Å². The van der Waals surface area contributed by atoms with Gasteiger partial charge in [0.2, 0.25) is 0 Å². The van der Waals surface area contributed by atoms with Crippen molar-refractivity contribution in [1.82, 2.24) is 9.88 Å². The van der Waals surface area contributed by atoms with Crippen molar-refractivity contribution in [3.8, 4) is 18.4 Å². The van der Waals surface area contributed by atoms with Crippen LogP contribution in [-0.2, 0) is 11.8 Å². The fourth-order valence-corrected chi connectivity index (χ4v) is 2.66. The number of nitriles is 1. The van der Waals surface area contributed by atoms with Crippen LogP contribution in [-0.4, -0.2) is 28.7 Å². The number of halogens is 2. The van der Waals surface area contributed by atoms with Crippen LogP contribution in [0.25, 0.3) is 0 Å². The third-order valence-corrected chi connectivity index (χ3v) is 4.32. The van der Waals surface area contributed by atoms with Gasteiger partial charge in [-0.3, -0.25) is 14.4 Å². The van der Waals surface area contributed by atoms with Crippen LogP contribution in [0.4, 0.5) is 10.1 Å². The fourth-order valence-electron chi connectivity index (χ4n) is 2.40. The van der Waals surface area contributed by atoms with Crippen LogP contribution < -0.4 is 10.6 Å². The summed E-state index contributed by atoms with van der Waals surface area (Å²) in [4.78, 5) is 36.5. The van der Waals surface area contributed by atoms with Crippen LogP contribution in [0.1, 0.15) is 32.0 Å². The zero-order chi connectivity index (χ0) is 21.0. The first-order chi connectivity index (χ1) is 13.2. The van der Waals surface area contributed by atoms with E-state index >= 15 is 0 Å². The summed E-state index contributed by atoms with van der Waals surface area (Å²) < 4.78 is 15.7. The van der Waals surface area contributed by atoms with E-state index in [1.165, 1.54) is 19.2 Å². The number of nitrogens with zero attached hydrogens (tertiary/aromatic N) is 2. The summed E-state index contributed by atoms with van der Waals surface area (Å²) >= 11 is 5.97. The van der Waals surface area contributed by atoms with Gasteiger partial charge in [0.15, 0.2) is 5.82 Å². The van der Waals surface area contributed by atoms with Gasteiger partial charge >= 0.3 is 0 Å². The van der Waals surface area contributed by atoms with Crippen LogP contribution in [0.2, 0.25) is 5.15 Å². The molecule has 2 aromatic rings. The summed E-state index contributed by atoms with van der Waals surface area (Å²) in [5, 5.41) is 13.2. The molecule has 142 valence electrons. The molecule has 0 aliphatic heterocycles. The number of hydrogen-bond acceptors (Lipinski definition) is 4. The van der Waals surface area contributed by atoms with E-state index in [0.29, 0.717) is 11.1 Å². The van der Waals surface area contributed by atoms with Gasteiger partial charge in [-0.25, -0.2) is 4.39 Å². The zero-order valence-corrected chi connectivity index (χ0v) is 15.6. The molecule has 0 atom stereocenters. The topological polar surface area (TPSA) is 104 Å². The molecule has 1 aromatic heterocycles. The second-order valence-corrected chi connectivity index (χ2v) is 6.06. The summed E-state index contributed by atoms with van der Waals surface area (Å²) in [6, 6.07) is 6.56. The van der Waals surface area contributed by atoms with Gasteiger partial charge in [-0.1, -0.05) is 23.6 Å².